The van der Waals surface area contributed by atoms with Crippen molar-refractivity contribution in [2.24, 2.45) is 0 Å². The summed E-state index contributed by atoms with van der Waals surface area (Å²) in [5, 5.41) is 4.75. The van der Waals surface area contributed by atoms with Crippen LogP contribution in [0.3, 0.4) is 0 Å². The summed E-state index contributed by atoms with van der Waals surface area (Å²) in [7, 11) is 0. The van der Waals surface area contributed by atoms with Crippen molar-refractivity contribution >= 4 is 11.6 Å². The van der Waals surface area contributed by atoms with Crippen molar-refractivity contribution in [3.05, 3.63) is 60.1 Å². The predicted octanol–water partition coefficient (Wildman–Crippen LogP) is 4.06. The molecule has 3 rings (SSSR count). The van der Waals surface area contributed by atoms with Gasteiger partial charge in [0.2, 0.25) is 0 Å². The molecule has 0 saturated heterocycles. The van der Waals surface area contributed by atoms with E-state index in [0.717, 1.165) is 22.4 Å². The van der Waals surface area contributed by atoms with Crippen LogP contribution in [-0.2, 0) is 0 Å². The molecule has 0 N–H and O–H groups in total. The Morgan fingerprint density at radius 3 is 2.56 bits per heavy atom. The second kappa shape index (κ2) is 4.63. The third kappa shape index (κ3) is 2.00. The summed E-state index contributed by atoms with van der Waals surface area (Å²) >= 11 is 5.88. The van der Waals surface area contributed by atoms with Crippen molar-refractivity contribution in [1.82, 2.24) is 10.1 Å². The summed E-state index contributed by atoms with van der Waals surface area (Å²) in [6.07, 6.45) is 5.14. The Kier molecular flexibility index (Phi) is 2.82. The molecule has 2 heterocycles. The summed E-state index contributed by atoms with van der Waals surface area (Å²) < 4.78 is 5.07. The van der Waals surface area contributed by atoms with Crippen LogP contribution in [0.15, 0.2) is 59.6 Å². The maximum Gasteiger partial charge on any atom is 0.132 e. The largest absolute Gasteiger partial charge is 0.363 e. The van der Waals surface area contributed by atoms with Crippen LogP contribution in [0.25, 0.3) is 22.4 Å². The van der Waals surface area contributed by atoms with E-state index in [2.05, 4.69) is 10.1 Å². The lowest BCUT2D eigenvalue weighted by Crippen LogP contribution is -1.83. The molecule has 3 aromatic rings. The van der Waals surface area contributed by atoms with Gasteiger partial charge in [0, 0.05) is 28.5 Å². The fourth-order valence-corrected chi connectivity index (χ4v) is 1.91. The van der Waals surface area contributed by atoms with E-state index < -0.39 is 0 Å². The SMILES string of the molecule is Clc1ccc(-c2nocc2-c2cccnc2)cc1. The quantitative estimate of drug-likeness (QED) is 0.694. The molecular formula is C14H9ClN2O. The monoisotopic (exact) mass is 256 g/mol. The molecule has 0 saturated carbocycles. The molecule has 0 radical (unpaired) electrons. The highest BCUT2D eigenvalue weighted by molar-refractivity contribution is 6.30. The van der Waals surface area contributed by atoms with Gasteiger partial charge in [-0.1, -0.05) is 35.0 Å². The maximum atomic E-state index is 5.88. The van der Waals surface area contributed by atoms with Crippen molar-refractivity contribution in [2.75, 3.05) is 0 Å². The summed E-state index contributed by atoms with van der Waals surface area (Å²) in [6, 6.07) is 11.4. The number of nitrogens with zero attached hydrogens (tertiary/aromatic N) is 2. The Morgan fingerprint density at radius 1 is 1.00 bits per heavy atom. The molecular weight excluding hydrogens is 248 g/mol. The molecule has 0 fully saturated rings. The van der Waals surface area contributed by atoms with E-state index in [1.807, 2.05) is 36.4 Å². The van der Waals surface area contributed by atoms with Crippen molar-refractivity contribution < 1.29 is 4.52 Å². The Balaban J connectivity index is 2.10. The lowest BCUT2D eigenvalue weighted by molar-refractivity contribution is 0.422. The standard InChI is InChI=1S/C14H9ClN2O/c15-12-5-3-10(4-6-12)14-13(9-18-17-14)11-2-1-7-16-8-11/h1-9H. The molecule has 0 atom stereocenters. The highest BCUT2D eigenvalue weighted by atomic mass is 35.5. The first-order chi connectivity index (χ1) is 8.84. The molecule has 1 aromatic carbocycles. The van der Waals surface area contributed by atoms with Crippen LogP contribution < -0.4 is 0 Å². The van der Waals surface area contributed by atoms with E-state index in [-0.39, 0.29) is 0 Å². The number of rotatable bonds is 2. The number of aromatic nitrogens is 2. The van der Waals surface area contributed by atoms with Crippen molar-refractivity contribution in [3.8, 4) is 22.4 Å². The second-order valence-electron chi connectivity index (χ2n) is 3.83. The molecule has 0 unspecified atom stereocenters. The third-order valence-electron chi connectivity index (χ3n) is 2.66. The van der Waals surface area contributed by atoms with Gasteiger partial charge in [-0.25, -0.2) is 0 Å². The van der Waals surface area contributed by atoms with E-state index in [1.54, 1.807) is 18.7 Å². The minimum atomic E-state index is 0.699. The van der Waals surface area contributed by atoms with Gasteiger partial charge in [0.05, 0.1) is 5.56 Å². The molecule has 0 amide bonds. The Hall–Kier alpha value is -2.13. The maximum absolute atomic E-state index is 5.88. The number of hydrogen-bond acceptors (Lipinski definition) is 3. The summed E-state index contributed by atoms with van der Waals surface area (Å²) in [4.78, 5) is 4.10. The fraction of sp³-hybridized carbons (Fsp3) is 0. The first-order valence-corrected chi connectivity index (χ1v) is 5.83. The van der Waals surface area contributed by atoms with E-state index in [9.17, 15) is 0 Å². The molecule has 3 nitrogen and oxygen atoms in total. The summed E-state index contributed by atoms with van der Waals surface area (Å²) in [5.41, 5.74) is 3.65. The van der Waals surface area contributed by atoms with Crippen LogP contribution in [0.1, 0.15) is 0 Å². The molecule has 0 spiro atoms. The second-order valence-corrected chi connectivity index (χ2v) is 4.26. The van der Waals surface area contributed by atoms with Gasteiger partial charge in [-0.3, -0.25) is 4.98 Å². The van der Waals surface area contributed by atoms with Crippen molar-refractivity contribution in [2.45, 2.75) is 0 Å². The zero-order valence-electron chi connectivity index (χ0n) is 9.38. The molecule has 0 aliphatic heterocycles. The number of benzene rings is 1. The van der Waals surface area contributed by atoms with Crippen LogP contribution in [0.5, 0.6) is 0 Å². The van der Waals surface area contributed by atoms with E-state index >= 15 is 0 Å². The Morgan fingerprint density at radius 2 is 1.83 bits per heavy atom. The molecule has 88 valence electrons. The Labute approximate surface area is 109 Å². The van der Waals surface area contributed by atoms with Gasteiger partial charge in [0.15, 0.2) is 0 Å². The third-order valence-corrected chi connectivity index (χ3v) is 2.91. The highest BCUT2D eigenvalue weighted by Crippen LogP contribution is 2.30. The lowest BCUT2D eigenvalue weighted by atomic mass is 10.0. The minimum Gasteiger partial charge on any atom is -0.363 e. The fourth-order valence-electron chi connectivity index (χ4n) is 1.78. The van der Waals surface area contributed by atoms with Crippen LogP contribution in [0, 0.1) is 0 Å². The molecule has 0 aliphatic rings. The number of halogens is 1. The lowest BCUT2D eigenvalue weighted by Gasteiger charge is -2.01. The average molecular weight is 257 g/mol. The zero-order chi connectivity index (χ0) is 12.4. The number of pyridine rings is 1. The molecule has 2 aromatic heterocycles. The predicted molar refractivity (Wildman–Crippen MR) is 70.2 cm³/mol. The van der Waals surface area contributed by atoms with Crippen LogP contribution in [0.2, 0.25) is 5.02 Å². The molecule has 4 heteroatoms. The van der Waals surface area contributed by atoms with Gasteiger partial charge in [-0.05, 0) is 18.2 Å². The average Bonchev–Trinajstić information content (AvgIpc) is 2.90. The van der Waals surface area contributed by atoms with Gasteiger partial charge in [-0.2, -0.15) is 0 Å². The molecule has 18 heavy (non-hydrogen) atoms. The van der Waals surface area contributed by atoms with Gasteiger partial charge in [0.25, 0.3) is 0 Å². The van der Waals surface area contributed by atoms with Crippen LogP contribution in [0.4, 0.5) is 0 Å². The number of hydrogen-bond donors (Lipinski definition) is 0. The van der Waals surface area contributed by atoms with Gasteiger partial charge in [0.1, 0.15) is 12.0 Å². The first kappa shape index (κ1) is 11.0. The topological polar surface area (TPSA) is 38.9 Å². The summed E-state index contributed by atoms with van der Waals surface area (Å²) in [5.74, 6) is 0. The summed E-state index contributed by atoms with van der Waals surface area (Å²) in [6.45, 7) is 0. The highest BCUT2D eigenvalue weighted by Gasteiger charge is 2.11. The molecule has 0 bridgehead atoms. The normalized spacial score (nSPS) is 10.5. The van der Waals surface area contributed by atoms with Crippen molar-refractivity contribution in [1.29, 1.82) is 0 Å². The first-order valence-electron chi connectivity index (χ1n) is 5.45. The Bertz CT molecular complexity index is 647. The van der Waals surface area contributed by atoms with E-state index in [1.165, 1.54) is 0 Å². The van der Waals surface area contributed by atoms with Gasteiger partial charge >= 0.3 is 0 Å². The van der Waals surface area contributed by atoms with Gasteiger partial charge in [-0.15, -0.1) is 0 Å². The zero-order valence-corrected chi connectivity index (χ0v) is 10.1. The van der Waals surface area contributed by atoms with Crippen molar-refractivity contribution in [3.63, 3.8) is 0 Å². The minimum absolute atomic E-state index is 0.699. The van der Waals surface area contributed by atoms with Gasteiger partial charge < -0.3 is 4.52 Å². The van der Waals surface area contributed by atoms with Crippen LogP contribution >= 0.6 is 11.6 Å². The van der Waals surface area contributed by atoms with E-state index in [4.69, 9.17) is 16.1 Å². The van der Waals surface area contributed by atoms with E-state index in [0.29, 0.717) is 5.02 Å². The van der Waals surface area contributed by atoms with Crippen LogP contribution in [-0.4, -0.2) is 10.1 Å². The smallest absolute Gasteiger partial charge is 0.132 e. The molecule has 0 aliphatic carbocycles.